The van der Waals surface area contributed by atoms with Gasteiger partial charge in [0.05, 0.1) is 6.61 Å². The predicted molar refractivity (Wildman–Crippen MR) is 125 cm³/mol. The summed E-state index contributed by atoms with van der Waals surface area (Å²) in [5, 5.41) is 9.74. The number of hydrogen-bond donors (Lipinski definition) is 1. The molecule has 1 aliphatic carbocycles. The summed E-state index contributed by atoms with van der Waals surface area (Å²) in [5.41, 5.74) is 4.06. The minimum absolute atomic E-state index is 0.0421. The fourth-order valence-corrected chi connectivity index (χ4v) is 4.47. The molecule has 1 N–H and O–H groups in total. The maximum atomic E-state index is 11.6. The molecule has 1 unspecified atom stereocenters. The smallest absolute Gasteiger partial charge is 0.333 e. The van der Waals surface area contributed by atoms with E-state index in [-0.39, 0.29) is 19.1 Å². The number of ether oxygens (including phenoxy) is 1. The largest absolute Gasteiger partial charge is 0.462 e. The fourth-order valence-electron chi connectivity index (χ4n) is 4.47. The normalized spacial score (nSPS) is 20.3. The molecule has 30 heavy (non-hydrogen) atoms. The summed E-state index contributed by atoms with van der Waals surface area (Å²) in [6, 6.07) is 6.41. The van der Waals surface area contributed by atoms with Gasteiger partial charge in [0.1, 0.15) is 6.61 Å². The number of aryl methyl sites for hydroxylation is 2. The summed E-state index contributed by atoms with van der Waals surface area (Å²) in [5.74, 6) is 1.18. The molecule has 1 aromatic carbocycles. The number of benzene rings is 1. The lowest BCUT2D eigenvalue weighted by Crippen LogP contribution is -2.17. The minimum Gasteiger partial charge on any atom is -0.462 e. The Morgan fingerprint density at radius 2 is 1.90 bits per heavy atom. The summed E-state index contributed by atoms with van der Waals surface area (Å²) in [4.78, 5) is 11.6. The number of rotatable bonds is 11. The number of carbonyl (C=O) groups is 1. The first kappa shape index (κ1) is 24.4. The molecule has 1 aromatic rings. The Bertz CT molecular complexity index is 711. The van der Waals surface area contributed by atoms with Crippen molar-refractivity contribution in [2.75, 3.05) is 13.2 Å². The summed E-state index contributed by atoms with van der Waals surface area (Å²) in [6.45, 7) is 9.61. The Morgan fingerprint density at radius 1 is 1.23 bits per heavy atom. The first-order valence-electron chi connectivity index (χ1n) is 11.6. The van der Waals surface area contributed by atoms with Gasteiger partial charge in [-0.3, -0.25) is 0 Å². The molecule has 2 rings (SSSR count). The van der Waals surface area contributed by atoms with Gasteiger partial charge in [0.25, 0.3) is 0 Å². The molecule has 0 aliphatic heterocycles. The van der Waals surface area contributed by atoms with Crippen molar-refractivity contribution in [2.24, 2.45) is 11.8 Å². The Balaban J connectivity index is 1.82. The van der Waals surface area contributed by atoms with E-state index < -0.39 is 5.97 Å². The molecule has 3 heteroatoms. The molecule has 0 aromatic heterocycles. The third kappa shape index (κ3) is 7.75. The molecule has 1 fully saturated rings. The fraction of sp³-hybridized carbons (Fsp3) is 0.593. The van der Waals surface area contributed by atoms with Gasteiger partial charge in [-0.15, -0.1) is 0 Å². The Kier molecular flexibility index (Phi) is 10.4. The van der Waals surface area contributed by atoms with Crippen LogP contribution in [0, 0.1) is 18.8 Å². The Labute approximate surface area is 183 Å². The third-order valence-electron chi connectivity index (χ3n) is 6.59. The lowest BCUT2D eigenvalue weighted by atomic mass is 9.77. The van der Waals surface area contributed by atoms with E-state index in [4.69, 9.17) is 4.74 Å². The molecule has 0 heterocycles. The molecule has 3 nitrogen and oxygen atoms in total. The van der Waals surface area contributed by atoms with Crippen molar-refractivity contribution in [1.82, 2.24) is 0 Å². The second-order valence-corrected chi connectivity index (χ2v) is 9.02. The van der Waals surface area contributed by atoms with Gasteiger partial charge in [-0.25, -0.2) is 4.79 Å². The molecule has 0 spiro atoms. The summed E-state index contributed by atoms with van der Waals surface area (Å²) in [7, 11) is 0. The molecule has 166 valence electrons. The van der Waals surface area contributed by atoms with Crippen LogP contribution in [0.2, 0.25) is 0 Å². The summed E-state index contributed by atoms with van der Waals surface area (Å²) >= 11 is 0. The maximum Gasteiger partial charge on any atom is 0.333 e. The van der Waals surface area contributed by atoms with Crippen LogP contribution in [0.4, 0.5) is 0 Å². The predicted octanol–water partition coefficient (Wildman–Crippen LogP) is 6.29. The van der Waals surface area contributed by atoms with Crippen molar-refractivity contribution in [2.45, 2.75) is 78.1 Å². The average Bonchev–Trinajstić information content (AvgIpc) is 2.74. The second kappa shape index (κ2) is 12.7. The second-order valence-electron chi connectivity index (χ2n) is 9.02. The van der Waals surface area contributed by atoms with E-state index in [9.17, 15) is 9.90 Å². The maximum absolute atomic E-state index is 11.6. The lowest BCUT2D eigenvalue weighted by Gasteiger charge is -2.28. The zero-order valence-electron chi connectivity index (χ0n) is 19.2. The standard InChI is InChI=1S/C27H40O3/c1-5-6-7-8-22-9-11-23(12-10-22)13-14-24-15-16-25(17-21(24)4)26(18-28)19-30-27(29)20(2)3/h5-6,15-17,22-23,26,28H,2,7-14,18-19H2,1,3-4H3/b6-5+. The van der Waals surface area contributed by atoms with E-state index in [2.05, 4.69) is 50.8 Å². The van der Waals surface area contributed by atoms with E-state index in [1.165, 1.54) is 56.1 Å². The highest BCUT2D eigenvalue weighted by molar-refractivity contribution is 5.86. The first-order valence-corrected chi connectivity index (χ1v) is 11.6. The highest BCUT2D eigenvalue weighted by Crippen LogP contribution is 2.34. The monoisotopic (exact) mass is 412 g/mol. The molecular formula is C27H40O3. The van der Waals surface area contributed by atoms with Gasteiger partial charge in [0, 0.05) is 11.5 Å². The van der Waals surface area contributed by atoms with Crippen LogP contribution in [0.15, 0.2) is 42.5 Å². The van der Waals surface area contributed by atoms with Gasteiger partial charge in [-0.2, -0.15) is 0 Å². The number of hydrogen-bond acceptors (Lipinski definition) is 3. The van der Waals surface area contributed by atoms with Crippen LogP contribution < -0.4 is 0 Å². The van der Waals surface area contributed by atoms with Crippen LogP contribution in [-0.2, 0) is 16.0 Å². The molecule has 1 aliphatic rings. The van der Waals surface area contributed by atoms with Gasteiger partial charge in [-0.05, 0) is 75.0 Å². The van der Waals surface area contributed by atoms with Crippen molar-refractivity contribution in [3.05, 3.63) is 59.2 Å². The molecular weight excluding hydrogens is 372 g/mol. The van der Waals surface area contributed by atoms with Crippen molar-refractivity contribution in [3.8, 4) is 0 Å². The third-order valence-corrected chi connectivity index (χ3v) is 6.59. The van der Waals surface area contributed by atoms with Crippen molar-refractivity contribution >= 4 is 5.97 Å². The quantitative estimate of drug-likeness (QED) is 0.264. The topological polar surface area (TPSA) is 46.5 Å². The zero-order chi connectivity index (χ0) is 21.9. The van der Waals surface area contributed by atoms with Crippen LogP contribution >= 0.6 is 0 Å². The van der Waals surface area contributed by atoms with Crippen LogP contribution in [-0.4, -0.2) is 24.3 Å². The Morgan fingerprint density at radius 3 is 2.47 bits per heavy atom. The van der Waals surface area contributed by atoms with Gasteiger partial charge >= 0.3 is 5.97 Å². The minimum atomic E-state index is -0.404. The van der Waals surface area contributed by atoms with E-state index in [0.29, 0.717) is 5.57 Å². The molecule has 0 saturated heterocycles. The van der Waals surface area contributed by atoms with Crippen molar-refractivity contribution < 1.29 is 14.6 Å². The van der Waals surface area contributed by atoms with Gasteiger partial charge < -0.3 is 9.84 Å². The van der Waals surface area contributed by atoms with E-state index in [0.717, 1.165) is 23.8 Å². The van der Waals surface area contributed by atoms with E-state index in [1.807, 2.05) is 0 Å². The van der Waals surface area contributed by atoms with Gasteiger partial charge in [0.2, 0.25) is 0 Å². The van der Waals surface area contributed by atoms with Gasteiger partial charge in [0.15, 0.2) is 0 Å². The first-order chi connectivity index (χ1) is 14.4. The summed E-state index contributed by atoms with van der Waals surface area (Å²) in [6.07, 6.45) is 15.0. The number of esters is 1. The van der Waals surface area contributed by atoms with Crippen molar-refractivity contribution in [1.29, 1.82) is 0 Å². The number of allylic oxidation sites excluding steroid dienone is 2. The lowest BCUT2D eigenvalue weighted by molar-refractivity contribution is -0.139. The van der Waals surface area contributed by atoms with Crippen LogP contribution in [0.5, 0.6) is 0 Å². The summed E-state index contributed by atoms with van der Waals surface area (Å²) < 4.78 is 5.25. The highest BCUT2D eigenvalue weighted by atomic mass is 16.5. The van der Waals surface area contributed by atoms with Crippen LogP contribution in [0.3, 0.4) is 0 Å². The van der Waals surface area contributed by atoms with Crippen LogP contribution in [0.25, 0.3) is 0 Å². The van der Waals surface area contributed by atoms with Gasteiger partial charge in [-0.1, -0.05) is 62.6 Å². The number of aliphatic hydroxyl groups is 1. The SMILES string of the molecule is C=C(C)C(=O)OCC(CO)c1ccc(CCC2CCC(CC/C=C/C)CC2)c(C)c1. The zero-order valence-corrected chi connectivity index (χ0v) is 19.2. The average molecular weight is 413 g/mol. The molecule has 0 bridgehead atoms. The highest BCUT2D eigenvalue weighted by Gasteiger charge is 2.21. The number of aliphatic hydroxyl groups excluding tert-OH is 1. The number of carbonyl (C=O) groups excluding carboxylic acids is 1. The molecule has 0 amide bonds. The van der Waals surface area contributed by atoms with E-state index >= 15 is 0 Å². The Hall–Kier alpha value is -1.87. The molecule has 0 radical (unpaired) electrons. The van der Waals surface area contributed by atoms with Crippen LogP contribution in [0.1, 0.15) is 81.4 Å². The van der Waals surface area contributed by atoms with Crippen molar-refractivity contribution in [3.63, 3.8) is 0 Å². The molecule has 1 saturated carbocycles. The molecule has 1 atom stereocenters. The van der Waals surface area contributed by atoms with E-state index in [1.54, 1.807) is 6.92 Å².